The highest BCUT2D eigenvalue weighted by Crippen LogP contribution is 2.32. The van der Waals surface area contributed by atoms with Gasteiger partial charge in [0.25, 0.3) is 10.0 Å². The second-order valence-electron chi connectivity index (χ2n) is 5.86. The van der Waals surface area contributed by atoms with Crippen molar-refractivity contribution in [3.8, 4) is 0 Å². The molecule has 3 aromatic rings. The summed E-state index contributed by atoms with van der Waals surface area (Å²) < 4.78 is 65.8. The Bertz CT molecular complexity index is 1050. The number of fused-ring (bicyclic) bond motifs is 1. The largest absolute Gasteiger partial charge is 0.431 e. The molecule has 0 bridgehead atoms. The number of sulfonamides is 1. The molecule has 0 saturated heterocycles. The molecule has 0 amide bonds. The van der Waals surface area contributed by atoms with Crippen LogP contribution in [0.4, 0.5) is 18.9 Å². The highest BCUT2D eigenvalue weighted by molar-refractivity contribution is 7.92. The number of benzene rings is 2. The van der Waals surface area contributed by atoms with Crippen molar-refractivity contribution in [2.24, 2.45) is 0 Å². The zero-order valence-electron chi connectivity index (χ0n) is 13.4. The van der Waals surface area contributed by atoms with Crippen LogP contribution in [0.15, 0.2) is 47.4 Å². The quantitative estimate of drug-likeness (QED) is 0.709. The van der Waals surface area contributed by atoms with Crippen LogP contribution >= 0.6 is 0 Å². The fourth-order valence-electron chi connectivity index (χ4n) is 2.56. The van der Waals surface area contributed by atoms with E-state index < -0.39 is 21.9 Å². The predicted molar refractivity (Wildman–Crippen MR) is 90.0 cm³/mol. The first-order chi connectivity index (χ1) is 11.6. The number of aromatic nitrogens is 1. The topological polar surface area (TPSA) is 62.0 Å². The number of hydrogen-bond donors (Lipinski definition) is 2. The Morgan fingerprint density at radius 1 is 1.00 bits per heavy atom. The summed E-state index contributed by atoms with van der Waals surface area (Å²) in [6, 6.07) is 10.2. The molecule has 4 nitrogen and oxygen atoms in total. The molecule has 25 heavy (non-hydrogen) atoms. The average molecular weight is 368 g/mol. The Labute approximate surface area is 142 Å². The molecule has 0 unspecified atom stereocenters. The molecule has 1 heterocycles. The molecule has 3 rings (SSSR count). The van der Waals surface area contributed by atoms with Crippen molar-refractivity contribution in [1.82, 2.24) is 4.98 Å². The SMILES string of the molecule is Cc1ccc(C)c(S(=O)(=O)Nc2ccc3[nH]c(C(F)(F)F)cc3c2)c1. The van der Waals surface area contributed by atoms with Crippen LogP contribution in [0.25, 0.3) is 10.9 Å². The molecular weight excluding hydrogens is 353 g/mol. The van der Waals surface area contributed by atoms with Crippen LogP contribution in [0.3, 0.4) is 0 Å². The van der Waals surface area contributed by atoms with Crippen LogP contribution in [0.5, 0.6) is 0 Å². The van der Waals surface area contributed by atoms with E-state index in [1.165, 1.54) is 18.2 Å². The van der Waals surface area contributed by atoms with Crippen molar-refractivity contribution in [3.05, 3.63) is 59.3 Å². The lowest BCUT2D eigenvalue weighted by Gasteiger charge is -2.11. The van der Waals surface area contributed by atoms with Gasteiger partial charge in [-0.3, -0.25) is 4.72 Å². The fourth-order valence-corrected chi connectivity index (χ4v) is 3.94. The highest BCUT2D eigenvalue weighted by Gasteiger charge is 2.32. The Hall–Kier alpha value is -2.48. The monoisotopic (exact) mass is 368 g/mol. The van der Waals surface area contributed by atoms with Crippen molar-refractivity contribution in [2.75, 3.05) is 4.72 Å². The molecule has 132 valence electrons. The molecular formula is C17H15F3N2O2S. The van der Waals surface area contributed by atoms with Crippen LogP contribution in [-0.4, -0.2) is 13.4 Å². The second kappa shape index (κ2) is 5.80. The lowest BCUT2D eigenvalue weighted by atomic mass is 10.2. The second-order valence-corrected chi connectivity index (χ2v) is 7.51. The summed E-state index contributed by atoms with van der Waals surface area (Å²) >= 11 is 0. The van der Waals surface area contributed by atoms with Gasteiger partial charge in [0, 0.05) is 16.6 Å². The highest BCUT2D eigenvalue weighted by atomic mass is 32.2. The first-order valence-corrected chi connectivity index (χ1v) is 8.85. The smallest absolute Gasteiger partial charge is 0.351 e. The third kappa shape index (κ3) is 3.48. The molecule has 2 N–H and O–H groups in total. The van der Waals surface area contributed by atoms with Gasteiger partial charge in [0.15, 0.2) is 0 Å². The Balaban J connectivity index is 1.98. The van der Waals surface area contributed by atoms with Gasteiger partial charge < -0.3 is 4.98 Å². The molecule has 0 saturated carbocycles. The fraction of sp³-hybridized carbons (Fsp3) is 0.176. The van der Waals surface area contributed by atoms with Gasteiger partial charge in [-0.15, -0.1) is 0 Å². The summed E-state index contributed by atoms with van der Waals surface area (Å²) in [5.74, 6) is 0. The molecule has 0 aliphatic rings. The van der Waals surface area contributed by atoms with Gasteiger partial charge in [-0.1, -0.05) is 12.1 Å². The number of aryl methyl sites for hydroxylation is 2. The molecule has 0 aliphatic carbocycles. The summed E-state index contributed by atoms with van der Waals surface area (Å²) in [6.07, 6.45) is -4.49. The molecule has 1 aromatic heterocycles. The van der Waals surface area contributed by atoms with Gasteiger partial charge >= 0.3 is 6.18 Å². The van der Waals surface area contributed by atoms with Crippen molar-refractivity contribution in [2.45, 2.75) is 24.9 Å². The van der Waals surface area contributed by atoms with Crippen LogP contribution in [-0.2, 0) is 16.2 Å². The Kier molecular flexibility index (Phi) is 4.03. The Morgan fingerprint density at radius 3 is 2.40 bits per heavy atom. The van der Waals surface area contributed by atoms with E-state index in [0.717, 1.165) is 11.6 Å². The van der Waals surface area contributed by atoms with Crippen LogP contribution in [0.2, 0.25) is 0 Å². The summed E-state index contributed by atoms with van der Waals surface area (Å²) in [4.78, 5) is 2.41. The molecule has 0 aliphatic heterocycles. The number of rotatable bonds is 3. The van der Waals surface area contributed by atoms with E-state index in [0.29, 0.717) is 5.56 Å². The average Bonchev–Trinajstić information content (AvgIpc) is 2.92. The van der Waals surface area contributed by atoms with Gasteiger partial charge in [-0.2, -0.15) is 13.2 Å². The van der Waals surface area contributed by atoms with Crippen LogP contribution in [0, 0.1) is 13.8 Å². The predicted octanol–water partition coefficient (Wildman–Crippen LogP) is 4.60. The summed E-state index contributed by atoms with van der Waals surface area (Å²) in [5.41, 5.74) is 0.974. The van der Waals surface area contributed by atoms with Crippen LogP contribution in [0.1, 0.15) is 16.8 Å². The first-order valence-electron chi connectivity index (χ1n) is 7.36. The van der Waals surface area contributed by atoms with Gasteiger partial charge in [0.05, 0.1) is 4.90 Å². The summed E-state index contributed by atoms with van der Waals surface area (Å²) in [7, 11) is -3.84. The molecule has 2 aromatic carbocycles. The van der Waals surface area contributed by atoms with Gasteiger partial charge in [-0.05, 0) is 55.3 Å². The molecule has 0 fully saturated rings. The third-order valence-corrected chi connectivity index (χ3v) is 5.33. The molecule has 0 radical (unpaired) electrons. The standard InChI is InChI=1S/C17H15F3N2O2S/c1-10-3-4-11(2)15(7-10)25(23,24)22-13-5-6-14-12(8-13)9-16(21-14)17(18,19)20/h3-9,21-22H,1-2H3. The molecule has 0 atom stereocenters. The third-order valence-electron chi connectivity index (χ3n) is 3.81. The number of hydrogen-bond acceptors (Lipinski definition) is 2. The van der Waals surface area contributed by atoms with Crippen molar-refractivity contribution in [3.63, 3.8) is 0 Å². The lowest BCUT2D eigenvalue weighted by Crippen LogP contribution is -2.14. The van der Waals surface area contributed by atoms with Crippen molar-refractivity contribution >= 4 is 26.6 Å². The summed E-state index contributed by atoms with van der Waals surface area (Å²) in [5, 5.41) is 0.272. The van der Waals surface area contributed by atoms with Crippen LogP contribution < -0.4 is 4.72 Å². The van der Waals surface area contributed by atoms with Crippen molar-refractivity contribution < 1.29 is 21.6 Å². The summed E-state index contributed by atoms with van der Waals surface area (Å²) in [6.45, 7) is 3.46. The van der Waals surface area contributed by atoms with E-state index in [1.54, 1.807) is 32.0 Å². The number of aromatic amines is 1. The maximum absolute atomic E-state index is 12.8. The first kappa shape index (κ1) is 17.3. The number of alkyl halides is 3. The lowest BCUT2D eigenvalue weighted by molar-refractivity contribution is -0.140. The van der Waals surface area contributed by atoms with E-state index in [9.17, 15) is 21.6 Å². The van der Waals surface area contributed by atoms with Gasteiger partial charge in [0.1, 0.15) is 5.69 Å². The number of nitrogens with one attached hydrogen (secondary N) is 2. The number of anilines is 1. The zero-order chi connectivity index (χ0) is 18.4. The molecule has 0 spiro atoms. The van der Waals surface area contributed by atoms with Gasteiger partial charge in [-0.25, -0.2) is 8.42 Å². The maximum Gasteiger partial charge on any atom is 0.431 e. The minimum Gasteiger partial charge on any atom is -0.351 e. The van der Waals surface area contributed by atoms with E-state index in [-0.39, 0.29) is 21.5 Å². The van der Waals surface area contributed by atoms with E-state index in [1.807, 2.05) is 0 Å². The number of H-pyrrole nitrogens is 1. The van der Waals surface area contributed by atoms with Crippen molar-refractivity contribution in [1.29, 1.82) is 0 Å². The van der Waals surface area contributed by atoms with Gasteiger partial charge in [0.2, 0.25) is 0 Å². The minimum atomic E-state index is -4.49. The maximum atomic E-state index is 12.8. The number of halogens is 3. The minimum absolute atomic E-state index is 0.137. The van der Waals surface area contributed by atoms with E-state index in [4.69, 9.17) is 0 Å². The normalized spacial score (nSPS) is 12.5. The zero-order valence-corrected chi connectivity index (χ0v) is 14.2. The molecule has 8 heteroatoms. The van der Waals surface area contributed by atoms with E-state index >= 15 is 0 Å². The Morgan fingerprint density at radius 2 is 1.72 bits per heavy atom. The van der Waals surface area contributed by atoms with E-state index in [2.05, 4.69) is 9.71 Å².